The Morgan fingerprint density at radius 2 is 1.85 bits per heavy atom. The lowest BCUT2D eigenvalue weighted by Gasteiger charge is -2.08. The molecule has 106 valence electrons. The van der Waals surface area contributed by atoms with E-state index in [0.29, 0.717) is 6.54 Å². The molecule has 2 rings (SSSR count). The first-order chi connectivity index (χ1) is 9.47. The molecule has 0 atom stereocenters. The summed E-state index contributed by atoms with van der Waals surface area (Å²) in [6, 6.07) is 7.48. The van der Waals surface area contributed by atoms with Gasteiger partial charge in [0.25, 0.3) is 0 Å². The fourth-order valence-electron chi connectivity index (χ4n) is 2.05. The van der Waals surface area contributed by atoms with E-state index in [1.54, 1.807) is 0 Å². The molecule has 1 aromatic carbocycles. The first kappa shape index (κ1) is 14.1. The molecule has 0 saturated heterocycles. The second-order valence-corrected chi connectivity index (χ2v) is 4.95. The number of aromatic nitrogens is 2. The Morgan fingerprint density at radius 1 is 1.20 bits per heavy atom. The number of urea groups is 1. The summed E-state index contributed by atoms with van der Waals surface area (Å²) in [5.41, 5.74) is 5.02. The molecule has 0 aliphatic heterocycles. The van der Waals surface area contributed by atoms with Crippen LogP contribution in [-0.2, 0) is 13.6 Å². The normalized spacial score (nSPS) is 10.4. The fourth-order valence-corrected chi connectivity index (χ4v) is 2.05. The first-order valence-electron chi connectivity index (χ1n) is 6.58. The second-order valence-electron chi connectivity index (χ2n) is 4.95. The van der Waals surface area contributed by atoms with Gasteiger partial charge < -0.3 is 10.6 Å². The maximum absolute atomic E-state index is 11.9. The van der Waals surface area contributed by atoms with E-state index in [4.69, 9.17) is 0 Å². The van der Waals surface area contributed by atoms with Crippen LogP contribution in [0.15, 0.2) is 24.3 Å². The zero-order valence-electron chi connectivity index (χ0n) is 12.3. The molecule has 0 radical (unpaired) electrons. The number of carbonyl (C=O) groups is 1. The summed E-state index contributed by atoms with van der Waals surface area (Å²) in [7, 11) is 1.90. The number of hydrogen-bond acceptors (Lipinski definition) is 2. The van der Waals surface area contributed by atoms with Crippen molar-refractivity contribution in [3.8, 4) is 0 Å². The van der Waals surface area contributed by atoms with Crippen LogP contribution in [-0.4, -0.2) is 15.8 Å². The highest BCUT2D eigenvalue weighted by molar-refractivity contribution is 5.89. The largest absolute Gasteiger partial charge is 0.334 e. The molecule has 0 bridgehead atoms. The highest BCUT2D eigenvalue weighted by atomic mass is 16.2. The quantitative estimate of drug-likeness (QED) is 0.902. The molecule has 2 N–H and O–H groups in total. The lowest BCUT2D eigenvalue weighted by atomic mass is 10.2. The Balaban J connectivity index is 1.94. The summed E-state index contributed by atoms with van der Waals surface area (Å²) >= 11 is 0. The lowest BCUT2D eigenvalue weighted by molar-refractivity contribution is 0.251. The van der Waals surface area contributed by atoms with Gasteiger partial charge in [-0.1, -0.05) is 17.7 Å². The molecule has 5 heteroatoms. The van der Waals surface area contributed by atoms with Crippen molar-refractivity contribution in [1.29, 1.82) is 0 Å². The minimum Gasteiger partial charge on any atom is -0.334 e. The van der Waals surface area contributed by atoms with Gasteiger partial charge in [0.05, 0.1) is 5.69 Å². The van der Waals surface area contributed by atoms with Crippen LogP contribution in [0.5, 0.6) is 0 Å². The minimum absolute atomic E-state index is 0.212. The van der Waals surface area contributed by atoms with Gasteiger partial charge in [0.2, 0.25) is 0 Å². The van der Waals surface area contributed by atoms with Crippen LogP contribution in [0.2, 0.25) is 0 Å². The zero-order valence-corrected chi connectivity index (χ0v) is 12.3. The van der Waals surface area contributed by atoms with Crippen molar-refractivity contribution in [2.45, 2.75) is 27.3 Å². The number of amides is 2. The van der Waals surface area contributed by atoms with Crippen LogP contribution in [0.1, 0.15) is 22.5 Å². The predicted molar refractivity (Wildman–Crippen MR) is 79.7 cm³/mol. The summed E-state index contributed by atoms with van der Waals surface area (Å²) in [4.78, 5) is 11.9. The van der Waals surface area contributed by atoms with Crippen molar-refractivity contribution in [2.24, 2.45) is 7.05 Å². The molecule has 5 nitrogen and oxygen atoms in total. The smallest absolute Gasteiger partial charge is 0.319 e. The van der Waals surface area contributed by atoms with E-state index in [0.717, 1.165) is 28.2 Å². The molecule has 0 unspecified atom stereocenters. The molecule has 0 aliphatic carbocycles. The van der Waals surface area contributed by atoms with Gasteiger partial charge in [-0.25, -0.2) is 4.79 Å². The Morgan fingerprint density at radius 3 is 2.40 bits per heavy atom. The van der Waals surface area contributed by atoms with Gasteiger partial charge in [0, 0.05) is 30.5 Å². The van der Waals surface area contributed by atoms with Crippen molar-refractivity contribution < 1.29 is 4.79 Å². The Bertz CT molecular complexity index is 614. The number of hydrogen-bond donors (Lipinski definition) is 2. The van der Waals surface area contributed by atoms with Gasteiger partial charge in [0.15, 0.2) is 0 Å². The second kappa shape index (κ2) is 5.77. The van der Waals surface area contributed by atoms with Crippen LogP contribution in [0.25, 0.3) is 0 Å². The standard InChI is InChI=1S/C15H20N4O/c1-10-5-7-13(8-6-10)17-15(20)16-9-14-11(2)18-19(4)12(14)3/h5-8H,9H2,1-4H3,(H2,16,17,20). The van der Waals surface area contributed by atoms with Gasteiger partial charge >= 0.3 is 6.03 Å². The zero-order chi connectivity index (χ0) is 14.7. The number of rotatable bonds is 3. The summed E-state index contributed by atoms with van der Waals surface area (Å²) in [6.07, 6.45) is 0. The van der Waals surface area contributed by atoms with E-state index >= 15 is 0 Å². The van der Waals surface area contributed by atoms with Crippen LogP contribution in [0.3, 0.4) is 0 Å². The Hall–Kier alpha value is -2.30. The van der Waals surface area contributed by atoms with Crippen LogP contribution < -0.4 is 10.6 Å². The van der Waals surface area contributed by atoms with Gasteiger partial charge in [-0.2, -0.15) is 5.10 Å². The molecule has 1 heterocycles. The lowest BCUT2D eigenvalue weighted by Crippen LogP contribution is -2.28. The number of anilines is 1. The van der Waals surface area contributed by atoms with E-state index in [9.17, 15) is 4.79 Å². The summed E-state index contributed by atoms with van der Waals surface area (Å²) in [5.74, 6) is 0. The molecule has 0 spiro atoms. The van der Waals surface area contributed by atoms with Crippen LogP contribution >= 0.6 is 0 Å². The summed E-state index contributed by atoms with van der Waals surface area (Å²) < 4.78 is 1.82. The molecular weight excluding hydrogens is 252 g/mol. The predicted octanol–water partition coefficient (Wildman–Crippen LogP) is 2.67. The third-order valence-corrected chi connectivity index (χ3v) is 3.39. The van der Waals surface area contributed by atoms with Gasteiger partial charge in [-0.05, 0) is 32.9 Å². The monoisotopic (exact) mass is 272 g/mol. The van der Waals surface area contributed by atoms with Crippen molar-refractivity contribution in [2.75, 3.05) is 5.32 Å². The number of carbonyl (C=O) groups excluding carboxylic acids is 1. The fraction of sp³-hybridized carbons (Fsp3) is 0.333. The third kappa shape index (κ3) is 3.17. The number of benzene rings is 1. The molecule has 20 heavy (non-hydrogen) atoms. The molecule has 2 aromatic rings. The number of nitrogens with zero attached hydrogens (tertiary/aromatic N) is 2. The highest BCUT2D eigenvalue weighted by Gasteiger charge is 2.10. The Labute approximate surface area is 119 Å². The molecular formula is C15H20N4O. The minimum atomic E-state index is -0.212. The SMILES string of the molecule is Cc1ccc(NC(=O)NCc2c(C)nn(C)c2C)cc1. The third-order valence-electron chi connectivity index (χ3n) is 3.39. The first-order valence-corrected chi connectivity index (χ1v) is 6.58. The van der Waals surface area contributed by atoms with Gasteiger partial charge in [-0.15, -0.1) is 0 Å². The molecule has 0 aliphatic rings. The summed E-state index contributed by atoms with van der Waals surface area (Å²) in [6.45, 7) is 6.43. The van der Waals surface area contributed by atoms with Gasteiger partial charge in [-0.3, -0.25) is 4.68 Å². The number of aryl methyl sites for hydroxylation is 3. The van der Waals surface area contributed by atoms with Gasteiger partial charge in [0.1, 0.15) is 0 Å². The van der Waals surface area contributed by atoms with Crippen LogP contribution in [0, 0.1) is 20.8 Å². The van der Waals surface area contributed by atoms with E-state index in [1.165, 1.54) is 0 Å². The van der Waals surface area contributed by atoms with Crippen molar-refractivity contribution >= 4 is 11.7 Å². The highest BCUT2D eigenvalue weighted by Crippen LogP contribution is 2.12. The Kier molecular flexibility index (Phi) is 4.08. The van der Waals surface area contributed by atoms with E-state index in [-0.39, 0.29) is 6.03 Å². The number of nitrogens with one attached hydrogen (secondary N) is 2. The summed E-state index contributed by atoms with van der Waals surface area (Å²) in [5, 5.41) is 9.99. The van der Waals surface area contributed by atoms with Crippen LogP contribution in [0.4, 0.5) is 10.5 Å². The average molecular weight is 272 g/mol. The van der Waals surface area contributed by atoms with E-state index < -0.39 is 0 Å². The molecule has 0 saturated carbocycles. The average Bonchev–Trinajstić information content (AvgIpc) is 2.64. The maximum Gasteiger partial charge on any atom is 0.319 e. The van der Waals surface area contributed by atoms with Crippen molar-refractivity contribution in [3.63, 3.8) is 0 Å². The molecule has 0 fully saturated rings. The maximum atomic E-state index is 11.9. The van der Waals surface area contributed by atoms with E-state index in [2.05, 4.69) is 15.7 Å². The van der Waals surface area contributed by atoms with Crippen molar-refractivity contribution in [3.05, 3.63) is 46.8 Å². The molecule has 2 amide bonds. The van der Waals surface area contributed by atoms with Crippen molar-refractivity contribution in [1.82, 2.24) is 15.1 Å². The van der Waals surface area contributed by atoms with E-state index in [1.807, 2.05) is 56.8 Å². The molecule has 1 aromatic heterocycles. The topological polar surface area (TPSA) is 59.0 Å².